The fraction of sp³-hybridized carbons (Fsp3) is 0.938. The van der Waals surface area contributed by atoms with Crippen LogP contribution in [0, 0.1) is 16.7 Å². The number of carbonyl (C=O) groups is 1. The molecule has 112 valence electrons. The van der Waals surface area contributed by atoms with Gasteiger partial charge in [0, 0.05) is 6.54 Å². The van der Waals surface area contributed by atoms with E-state index < -0.39 is 11.4 Å². The first-order valence-corrected chi connectivity index (χ1v) is 7.67. The lowest BCUT2D eigenvalue weighted by Gasteiger charge is -2.41. The number of rotatable bonds is 5. The van der Waals surface area contributed by atoms with E-state index >= 15 is 0 Å². The Morgan fingerprint density at radius 1 is 1.32 bits per heavy atom. The van der Waals surface area contributed by atoms with E-state index in [9.17, 15) is 9.90 Å². The van der Waals surface area contributed by atoms with Gasteiger partial charge in [-0.05, 0) is 43.7 Å². The van der Waals surface area contributed by atoms with Crippen LogP contribution in [-0.4, -0.2) is 35.6 Å². The molecule has 0 aliphatic carbocycles. The molecule has 1 aliphatic heterocycles. The molecule has 0 aromatic carbocycles. The summed E-state index contributed by atoms with van der Waals surface area (Å²) in [7, 11) is 0. The smallest absolute Gasteiger partial charge is 0.309 e. The molecule has 0 aromatic heterocycles. The topological polar surface area (TPSA) is 40.5 Å². The van der Waals surface area contributed by atoms with Crippen molar-refractivity contribution in [2.45, 2.75) is 60.3 Å². The summed E-state index contributed by atoms with van der Waals surface area (Å²) in [6.07, 6.45) is 3.41. The maximum Gasteiger partial charge on any atom is 0.309 e. The summed E-state index contributed by atoms with van der Waals surface area (Å²) in [4.78, 5) is 14.0. The Morgan fingerprint density at radius 2 is 1.84 bits per heavy atom. The van der Waals surface area contributed by atoms with Crippen molar-refractivity contribution in [2.75, 3.05) is 19.6 Å². The predicted molar refractivity (Wildman–Crippen MR) is 79.3 cm³/mol. The first-order valence-electron chi connectivity index (χ1n) is 7.67. The molecule has 1 rings (SSSR count). The van der Waals surface area contributed by atoms with Crippen molar-refractivity contribution in [3.63, 3.8) is 0 Å². The Hall–Kier alpha value is -0.570. The lowest BCUT2D eigenvalue weighted by atomic mass is 9.74. The third-order valence-corrected chi connectivity index (χ3v) is 5.01. The average molecular weight is 269 g/mol. The molecule has 19 heavy (non-hydrogen) atoms. The first-order chi connectivity index (χ1) is 8.71. The van der Waals surface area contributed by atoms with E-state index in [1.54, 1.807) is 0 Å². The highest BCUT2D eigenvalue weighted by atomic mass is 16.4. The van der Waals surface area contributed by atoms with Crippen LogP contribution >= 0.6 is 0 Å². The summed E-state index contributed by atoms with van der Waals surface area (Å²) in [5.41, 5.74) is -0.124. The number of hydrogen-bond acceptors (Lipinski definition) is 2. The molecule has 0 bridgehead atoms. The van der Waals surface area contributed by atoms with Crippen LogP contribution in [0.2, 0.25) is 0 Å². The fourth-order valence-corrected chi connectivity index (χ4v) is 2.87. The van der Waals surface area contributed by atoms with Gasteiger partial charge >= 0.3 is 5.97 Å². The van der Waals surface area contributed by atoms with Gasteiger partial charge in [0.05, 0.1) is 5.41 Å². The number of hydrogen-bond donors (Lipinski definition) is 1. The van der Waals surface area contributed by atoms with Gasteiger partial charge in [0.1, 0.15) is 0 Å². The summed E-state index contributed by atoms with van der Waals surface area (Å²) >= 11 is 0. The largest absolute Gasteiger partial charge is 0.481 e. The van der Waals surface area contributed by atoms with Crippen molar-refractivity contribution in [2.24, 2.45) is 16.7 Å². The Morgan fingerprint density at radius 3 is 2.21 bits per heavy atom. The number of likely N-dealkylation sites (tertiary alicyclic amines) is 1. The maximum atomic E-state index is 11.5. The molecule has 1 saturated heterocycles. The van der Waals surface area contributed by atoms with Crippen LogP contribution in [0.1, 0.15) is 60.3 Å². The van der Waals surface area contributed by atoms with Crippen LogP contribution in [0.3, 0.4) is 0 Å². The maximum absolute atomic E-state index is 11.5. The normalized spacial score (nSPS) is 22.2. The quantitative estimate of drug-likeness (QED) is 0.828. The fourth-order valence-electron chi connectivity index (χ4n) is 2.87. The third-order valence-electron chi connectivity index (χ3n) is 5.01. The zero-order valence-corrected chi connectivity index (χ0v) is 13.3. The zero-order valence-electron chi connectivity index (χ0n) is 13.3. The summed E-state index contributed by atoms with van der Waals surface area (Å²) in [6.45, 7) is 14.2. The van der Waals surface area contributed by atoms with Crippen molar-refractivity contribution in [1.82, 2.24) is 4.90 Å². The molecule has 3 heteroatoms. The van der Waals surface area contributed by atoms with Gasteiger partial charge in [-0.1, -0.05) is 41.0 Å². The number of piperidine rings is 1. The van der Waals surface area contributed by atoms with Crippen LogP contribution in [0.4, 0.5) is 0 Å². The van der Waals surface area contributed by atoms with E-state index in [0.717, 1.165) is 45.3 Å². The minimum Gasteiger partial charge on any atom is -0.481 e. The molecule has 0 amide bonds. The lowest BCUT2D eigenvalue weighted by molar-refractivity contribution is -0.152. The minimum absolute atomic E-state index is 0.324. The van der Waals surface area contributed by atoms with Gasteiger partial charge in [-0.15, -0.1) is 0 Å². The molecule has 1 aliphatic rings. The molecule has 0 spiro atoms. The highest BCUT2D eigenvalue weighted by Crippen LogP contribution is 2.37. The second kappa shape index (κ2) is 6.25. The second-order valence-electron chi connectivity index (χ2n) is 7.40. The molecule has 1 unspecified atom stereocenters. The van der Waals surface area contributed by atoms with Gasteiger partial charge in [0.25, 0.3) is 0 Å². The second-order valence-corrected chi connectivity index (χ2v) is 7.40. The molecule has 1 heterocycles. The van der Waals surface area contributed by atoms with Crippen LogP contribution < -0.4 is 0 Å². The number of carboxylic acid groups (broad SMARTS) is 1. The van der Waals surface area contributed by atoms with Gasteiger partial charge in [-0.25, -0.2) is 0 Å². The first kappa shape index (κ1) is 16.5. The van der Waals surface area contributed by atoms with Gasteiger partial charge in [0.15, 0.2) is 0 Å². The van der Waals surface area contributed by atoms with Gasteiger partial charge < -0.3 is 10.0 Å². The molecule has 1 atom stereocenters. The third kappa shape index (κ3) is 4.20. The van der Waals surface area contributed by atoms with E-state index in [0.29, 0.717) is 11.3 Å². The van der Waals surface area contributed by atoms with Gasteiger partial charge in [-0.3, -0.25) is 4.79 Å². The van der Waals surface area contributed by atoms with Crippen LogP contribution in [0.25, 0.3) is 0 Å². The van der Waals surface area contributed by atoms with Gasteiger partial charge in [-0.2, -0.15) is 0 Å². The number of carboxylic acids is 1. The molecular weight excluding hydrogens is 238 g/mol. The Labute approximate surface area is 118 Å². The summed E-state index contributed by atoms with van der Waals surface area (Å²) < 4.78 is 0. The standard InChI is InChI=1S/C16H31NO2/c1-6-7-16(14(18)19)8-10-17(11-9-16)12-13(2)15(3,4)5/h13H,6-12H2,1-5H3,(H,18,19). The number of nitrogens with zero attached hydrogens (tertiary/aromatic N) is 1. The molecule has 3 nitrogen and oxygen atoms in total. The molecule has 1 fully saturated rings. The zero-order chi connectivity index (χ0) is 14.7. The van der Waals surface area contributed by atoms with Crippen molar-refractivity contribution >= 4 is 5.97 Å². The highest BCUT2D eigenvalue weighted by molar-refractivity contribution is 5.74. The summed E-state index contributed by atoms with van der Waals surface area (Å²) in [6, 6.07) is 0. The monoisotopic (exact) mass is 269 g/mol. The van der Waals surface area contributed by atoms with Crippen molar-refractivity contribution in [3.8, 4) is 0 Å². The predicted octanol–water partition coefficient (Wildman–Crippen LogP) is 3.64. The Bertz CT molecular complexity index is 298. The van der Waals surface area contributed by atoms with E-state index in [1.807, 2.05) is 0 Å². The molecule has 1 N–H and O–H groups in total. The summed E-state index contributed by atoms with van der Waals surface area (Å²) in [5.74, 6) is 0.0499. The van der Waals surface area contributed by atoms with E-state index in [2.05, 4.69) is 39.5 Å². The molecular formula is C16H31NO2. The lowest BCUT2D eigenvalue weighted by Crippen LogP contribution is -2.46. The SMILES string of the molecule is CCCC1(C(=O)O)CCN(CC(C)C(C)(C)C)CC1. The summed E-state index contributed by atoms with van der Waals surface area (Å²) in [5, 5.41) is 9.50. The van der Waals surface area contributed by atoms with E-state index in [-0.39, 0.29) is 0 Å². The van der Waals surface area contributed by atoms with Crippen molar-refractivity contribution in [1.29, 1.82) is 0 Å². The Kier molecular flexibility index (Phi) is 5.43. The van der Waals surface area contributed by atoms with Crippen LogP contribution in [-0.2, 0) is 4.79 Å². The van der Waals surface area contributed by atoms with E-state index in [4.69, 9.17) is 0 Å². The Balaban J connectivity index is 2.54. The van der Waals surface area contributed by atoms with Crippen molar-refractivity contribution in [3.05, 3.63) is 0 Å². The molecule has 0 saturated carbocycles. The average Bonchev–Trinajstić information content (AvgIpc) is 2.30. The van der Waals surface area contributed by atoms with Crippen LogP contribution in [0.5, 0.6) is 0 Å². The van der Waals surface area contributed by atoms with Gasteiger partial charge in [0.2, 0.25) is 0 Å². The highest BCUT2D eigenvalue weighted by Gasteiger charge is 2.40. The minimum atomic E-state index is -0.585. The molecule has 0 aromatic rings. The van der Waals surface area contributed by atoms with E-state index in [1.165, 1.54) is 0 Å². The molecule has 0 radical (unpaired) electrons. The number of aliphatic carboxylic acids is 1. The van der Waals surface area contributed by atoms with Crippen LogP contribution in [0.15, 0.2) is 0 Å². The van der Waals surface area contributed by atoms with Crippen molar-refractivity contribution < 1.29 is 9.90 Å².